The van der Waals surface area contributed by atoms with E-state index in [1.165, 1.54) is 0 Å². The number of fused-ring (bicyclic) bond motifs is 1. The van der Waals surface area contributed by atoms with E-state index in [2.05, 4.69) is 8.91 Å². The first-order valence-corrected chi connectivity index (χ1v) is 15.7. The minimum absolute atomic E-state index is 0.0729. The van der Waals surface area contributed by atoms with E-state index in [1.807, 2.05) is 0 Å². The molecule has 0 spiro atoms. The molecule has 3 aromatic rings. The lowest BCUT2D eigenvalue weighted by Gasteiger charge is -2.41. The summed E-state index contributed by atoms with van der Waals surface area (Å²) in [6.07, 6.45) is -1.26. The van der Waals surface area contributed by atoms with Gasteiger partial charge in [0.2, 0.25) is 17.0 Å². The second-order valence-corrected chi connectivity index (χ2v) is 13.0. The number of amides is 2. The van der Waals surface area contributed by atoms with Gasteiger partial charge in [-0.2, -0.15) is 26.3 Å². The minimum atomic E-state index is -6.24. The van der Waals surface area contributed by atoms with Crippen LogP contribution in [0.25, 0.3) is 0 Å². The van der Waals surface area contributed by atoms with E-state index >= 15 is 0 Å². The number of carbonyl (C=O) groups excluding carboxylic acids is 3. The van der Waals surface area contributed by atoms with Gasteiger partial charge in [0.1, 0.15) is 11.1 Å². The number of hydrogen-bond acceptors (Lipinski definition) is 7. The lowest BCUT2D eigenvalue weighted by atomic mass is 10.0. The van der Waals surface area contributed by atoms with Crippen molar-refractivity contribution in [3.8, 4) is 0 Å². The second-order valence-electron chi connectivity index (χ2n) is 9.55. The number of benzene rings is 3. The number of nitrogens with one attached hydrogen (secondary N) is 1. The largest absolute Gasteiger partial charge is 0.534 e. The maximum atomic E-state index is 13.7. The molecule has 2 aliphatic rings. The fraction of sp³-hybridized carbons (Fsp3) is 0.207. The summed E-state index contributed by atoms with van der Waals surface area (Å²) < 4.78 is 77.3. The predicted octanol–water partition coefficient (Wildman–Crippen LogP) is 3.86. The Labute approximate surface area is 247 Å². The van der Waals surface area contributed by atoms with E-state index < -0.39 is 73.2 Å². The van der Waals surface area contributed by atoms with Crippen LogP contribution in [0, 0.1) is 0 Å². The highest BCUT2D eigenvalue weighted by atomic mass is 32.2. The summed E-state index contributed by atoms with van der Waals surface area (Å²) in [7, 11) is -6.24. The van der Waals surface area contributed by atoms with Gasteiger partial charge in [0, 0.05) is 0 Å². The first-order chi connectivity index (χ1) is 20.4. The number of β-lactam (4-membered cyclic amide) rings is 1. The molecule has 1 saturated heterocycles. The molecular formula is C29H24F3N2O7S2+. The monoisotopic (exact) mass is 633 g/mol. The van der Waals surface area contributed by atoms with E-state index in [-0.39, 0.29) is 12.8 Å². The Morgan fingerprint density at radius 2 is 1.47 bits per heavy atom. The SMILES string of the molecule is O=C(Cc1ccccc1)N[S+]1CC(OS(=O)(=O)C(F)(F)F)=C(C(=O)OC(c2ccccc2)c2ccccc2)N2C(=O)C[C@H]21. The molecule has 5 rings (SSSR count). The van der Waals surface area contributed by atoms with Crippen LogP contribution in [0.4, 0.5) is 13.2 Å². The molecule has 1 unspecified atom stereocenters. The van der Waals surface area contributed by atoms with Crippen LogP contribution < -0.4 is 4.72 Å². The van der Waals surface area contributed by atoms with Crippen LogP contribution in [0.3, 0.4) is 0 Å². The van der Waals surface area contributed by atoms with E-state index in [0.717, 1.165) is 4.90 Å². The maximum Gasteiger partial charge on any atom is 0.534 e. The van der Waals surface area contributed by atoms with Crippen molar-refractivity contribution in [3.63, 3.8) is 0 Å². The van der Waals surface area contributed by atoms with E-state index in [0.29, 0.717) is 16.7 Å². The van der Waals surface area contributed by atoms with Crippen molar-refractivity contribution in [2.75, 3.05) is 5.75 Å². The van der Waals surface area contributed by atoms with E-state index in [4.69, 9.17) is 4.74 Å². The third-order valence-corrected chi connectivity index (χ3v) is 9.68. The highest BCUT2D eigenvalue weighted by Crippen LogP contribution is 2.40. The molecule has 2 atom stereocenters. The number of carbonyl (C=O) groups is 3. The van der Waals surface area contributed by atoms with Crippen molar-refractivity contribution in [1.82, 2.24) is 9.62 Å². The van der Waals surface area contributed by atoms with Crippen molar-refractivity contribution in [3.05, 3.63) is 119 Å². The van der Waals surface area contributed by atoms with Crippen molar-refractivity contribution in [1.29, 1.82) is 0 Å². The molecule has 0 aliphatic carbocycles. The van der Waals surface area contributed by atoms with Gasteiger partial charge in [-0.05, 0) is 16.7 Å². The fourth-order valence-corrected chi connectivity index (χ4v) is 7.23. The molecule has 14 heteroatoms. The van der Waals surface area contributed by atoms with Crippen LogP contribution >= 0.6 is 0 Å². The van der Waals surface area contributed by atoms with Gasteiger partial charge in [0.15, 0.2) is 17.6 Å². The zero-order valence-corrected chi connectivity index (χ0v) is 23.8. The summed E-state index contributed by atoms with van der Waals surface area (Å²) in [5.41, 5.74) is -4.89. The van der Waals surface area contributed by atoms with Crippen LogP contribution in [0.1, 0.15) is 29.2 Å². The minimum Gasteiger partial charge on any atom is -0.448 e. The predicted molar refractivity (Wildman–Crippen MR) is 150 cm³/mol. The third-order valence-electron chi connectivity index (χ3n) is 6.60. The van der Waals surface area contributed by atoms with Crippen LogP contribution in [-0.2, 0) is 50.9 Å². The Morgan fingerprint density at radius 3 is 1.98 bits per heavy atom. The Bertz CT molecular complexity index is 1610. The molecule has 0 bridgehead atoms. The Kier molecular flexibility index (Phi) is 8.51. The first kappa shape index (κ1) is 30.2. The van der Waals surface area contributed by atoms with E-state index in [1.54, 1.807) is 91.0 Å². The quantitative estimate of drug-likeness (QED) is 0.125. The Hall–Kier alpha value is -4.30. The summed E-state index contributed by atoms with van der Waals surface area (Å²) in [6.45, 7) is 0. The van der Waals surface area contributed by atoms with Crippen molar-refractivity contribution < 1.29 is 44.9 Å². The molecule has 2 aliphatic heterocycles. The lowest BCUT2D eigenvalue weighted by molar-refractivity contribution is -0.152. The maximum absolute atomic E-state index is 13.7. The van der Waals surface area contributed by atoms with Crippen LogP contribution in [0.2, 0.25) is 0 Å². The molecular weight excluding hydrogens is 609 g/mol. The second kappa shape index (κ2) is 12.1. The normalized spacial score (nSPS) is 18.5. The van der Waals surface area contributed by atoms with Crippen molar-refractivity contribution in [2.24, 2.45) is 0 Å². The number of ether oxygens (including phenoxy) is 1. The highest BCUT2D eigenvalue weighted by Gasteiger charge is 2.60. The standard InChI is InChI=1S/C29H23F3N2O7S2/c30-29(31,32)43(38,39)41-22-18-42(33-23(35)16-19-10-4-1-5-11-19)25-17-24(36)34(25)26(22)28(37)40-27(20-12-6-2-7-13-20)21-14-8-3-9-15-21/h1-15,25,27H,16-18H2/p+1/t25-,42?/m1/s1. The highest BCUT2D eigenvalue weighted by molar-refractivity contribution is 7.96. The zero-order chi connectivity index (χ0) is 30.8. The number of nitrogens with zero attached hydrogens (tertiary/aromatic N) is 1. The van der Waals surface area contributed by atoms with Crippen LogP contribution in [0.15, 0.2) is 102 Å². The van der Waals surface area contributed by atoms with Crippen molar-refractivity contribution >= 4 is 39.0 Å². The van der Waals surface area contributed by atoms with Gasteiger partial charge >= 0.3 is 21.6 Å². The van der Waals surface area contributed by atoms with E-state index in [9.17, 15) is 36.0 Å². The van der Waals surface area contributed by atoms with Gasteiger partial charge in [0.25, 0.3) is 5.91 Å². The number of rotatable bonds is 9. The Morgan fingerprint density at radius 1 is 0.930 bits per heavy atom. The molecule has 1 fully saturated rings. The molecule has 224 valence electrons. The number of hydrogen-bond donors (Lipinski definition) is 1. The number of halogens is 3. The topological polar surface area (TPSA) is 119 Å². The van der Waals surface area contributed by atoms with Gasteiger partial charge in [-0.15, -0.1) is 0 Å². The molecule has 9 nitrogen and oxygen atoms in total. The molecule has 2 amide bonds. The molecule has 0 radical (unpaired) electrons. The first-order valence-electron chi connectivity index (χ1n) is 12.8. The number of esters is 1. The van der Waals surface area contributed by atoms with Gasteiger partial charge in [0.05, 0.1) is 12.8 Å². The van der Waals surface area contributed by atoms with Gasteiger partial charge in [-0.3, -0.25) is 14.5 Å². The summed E-state index contributed by atoms with van der Waals surface area (Å²) in [5, 5.41) is -0.817. The molecule has 0 aromatic heterocycles. The van der Waals surface area contributed by atoms with Gasteiger partial charge in [-0.25, -0.2) is 4.79 Å². The van der Waals surface area contributed by atoms with Crippen LogP contribution in [-0.4, -0.2) is 47.7 Å². The molecule has 3 aromatic carbocycles. The molecule has 1 N–H and O–H groups in total. The lowest BCUT2D eigenvalue weighted by Crippen LogP contribution is -2.64. The summed E-state index contributed by atoms with van der Waals surface area (Å²) in [6, 6.07) is 25.6. The average Bonchev–Trinajstić information content (AvgIpc) is 2.97. The summed E-state index contributed by atoms with van der Waals surface area (Å²) in [4.78, 5) is 40.1. The zero-order valence-electron chi connectivity index (χ0n) is 22.2. The van der Waals surface area contributed by atoms with Crippen LogP contribution in [0.5, 0.6) is 0 Å². The summed E-state index contributed by atoms with van der Waals surface area (Å²) in [5.74, 6) is -3.98. The average molecular weight is 634 g/mol. The molecule has 0 saturated carbocycles. The summed E-state index contributed by atoms with van der Waals surface area (Å²) >= 11 is -1.39. The van der Waals surface area contributed by atoms with Crippen molar-refractivity contribution in [2.45, 2.75) is 29.8 Å². The van der Waals surface area contributed by atoms with Gasteiger partial charge in [-0.1, -0.05) is 91.0 Å². The molecule has 43 heavy (non-hydrogen) atoms. The number of alkyl halides is 3. The fourth-order valence-electron chi connectivity index (χ4n) is 4.59. The smallest absolute Gasteiger partial charge is 0.448 e. The third kappa shape index (κ3) is 6.54. The van der Waals surface area contributed by atoms with Gasteiger partial charge < -0.3 is 8.92 Å². The molecule has 2 heterocycles. The Balaban J connectivity index is 1.50.